The van der Waals surface area contributed by atoms with Gasteiger partial charge in [0.1, 0.15) is 12.4 Å². The second-order valence-electron chi connectivity index (χ2n) is 5.29. The molecule has 7 nitrogen and oxygen atoms in total. The maximum atomic E-state index is 12.8. The number of carbonyl (C=O) groups excluding carboxylic acids is 1. The largest absolute Gasteiger partial charge is 0.408 e. The van der Waals surface area contributed by atoms with Crippen molar-refractivity contribution in [2.45, 2.75) is 19.1 Å². The standard InChI is InChI=1S/C15H13F3N6O/c16-15(17,18)8-24-14(22-12(23-24)7-11(19)25)10-3-1-2-9(6-10)13-20-4-5-21-13/h1-6H,7-8H2,(H2,19,25)(H,20,21). The molecule has 0 saturated heterocycles. The number of rotatable bonds is 5. The van der Waals surface area contributed by atoms with Crippen LogP contribution in [0, 0.1) is 0 Å². The van der Waals surface area contributed by atoms with Crippen molar-refractivity contribution in [2.75, 3.05) is 0 Å². The van der Waals surface area contributed by atoms with E-state index in [1.54, 1.807) is 36.7 Å². The Labute approximate surface area is 139 Å². The van der Waals surface area contributed by atoms with Gasteiger partial charge in [0.25, 0.3) is 0 Å². The number of carbonyl (C=O) groups is 1. The fraction of sp³-hybridized carbons (Fsp3) is 0.200. The molecule has 0 bridgehead atoms. The highest BCUT2D eigenvalue weighted by Crippen LogP contribution is 2.26. The van der Waals surface area contributed by atoms with Gasteiger partial charge in [-0.2, -0.15) is 18.3 Å². The van der Waals surface area contributed by atoms with Crippen molar-refractivity contribution in [3.05, 3.63) is 42.5 Å². The van der Waals surface area contributed by atoms with Crippen LogP contribution in [0.3, 0.4) is 0 Å². The van der Waals surface area contributed by atoms with Gasteiger partial charge in [-0.1, -0.05) is 18.2 Å². The summed E-state index contributed by atoms with van der Waals surface area (Å²) in [6.45, 7) is -1.32. The minimum atomic E-state index is -4.48. The summed E-state index contributed by atoms with van der Waals surface area (Å²) in [6, 6.07) is 6.69. The number of hydrogen-bond acceptors (Lipinski definition) is 4. The highest BCUT2D eigenvalue weighted by Gasteiger charge is 2.31. The van der Waals surface area contributed by atoms with E-state index in [1.165, 1.54) is 0 Å². The minimum Gasteiger partial charge on any atom is -0.369 e. The summed E-state index contributed by atoms with van der Waals surface area (Å²) < 4.78 is 39.2. The molecule has 3 rings (SSSR count). The van der Waals surface area contributed by atoms with Gasteiger partial charge >= 0.3 is 6.18 Å². The Balaban J connectivity index is 2.04. The molecule has 2 aromatic heterocycles. The third kappa shape index (κ3) is 4.03. The second kappa shape index (κ2) is 6.38. The molecule has 0 aliphatic heterocycles. The molecule has 0 spiro atoms. The van der Waals surface area contributed by atoms with Crippen molar-refractivity contribution in [3.8, 4) is 22.8 Å². The first kappa shape index (κ1) is 16.7. The number of alkyl halides is 3. The molecule has 0 aliphatic rings. The van der Waals surface area contributed by atoms with Crippen LogP contribution >= 0.6 is 0 Å². The van der Waals surface area contributed by atoms with Crippen molar-refractivity contribution in [1.82, 2.24) is 24.7 Å². The summed E-state index contributed by atoms with van der Waals surface area (Å²) in [4.78, 5) is 22.1. The molecule has 0 atom stereocenters. The van der Waals surface area contributed by atoms with Gasteiger partial charge in [-0.05, 0) is 6.07 Å². The molecule has 25 heavy (non-hydrogen) atoms. The molecule has 10 heteroatoms. The lowest BCUT2D eigenvalue weighted by molar-refractivity contribution is -0.142. The van der Waals surface area contributed by atoms with Gasteiger partial charge in [0.2, 0.25) is 5.91 Å². The molecule has 2 heterocycles. The number of nitrogens with zero attached hydrogens (tertiary/aromatic N) is 4. The number of imidazole rings is 1. The molecule has 0 fully saturated rings. The van der Waals surface area contributed by atoms with Crippen LogP contribution in [0.4, 0.5) is 13.2 Å². The predicted molar refractivity (Wildman–Crippen MR) is 82.0 cm³/mol. The van der Waals surface area contributed by atoms with Crippen LogP contribution in [0.25, 0.3) is 22.8 Å². The molecule has 130 valence electrons. The van der Waals surface area contributed by atoms with Crippen LogP contribution in [0.5, 0.6) is 0 Å². The van der Waals surface area contributed by atoms with Crippen LogP contribution < -0.4 is 5.73 Å². The lowest BCUT2D eigenvalue weighted by Crippen LogP contribution is -2.20. The molecular formula is C15H13F3N6O. The first-order valence-electron chi connectivity index (χ1n) is 7.21. The number of H-pyrrole nitrogens is 1. The van der Waals surface area contributed by atoms with Crippen LogP contribution in [0.1, 0.15) is 5.82 Å². The van der Waals surface area contributed by atoms with Crippen LogP contribution in [-0.2, 0) is 17.8 Å². The minimum absolute atomic E-state index is 0.00183. The molecule has 1 aromatic carbocycles. The average Bonchev–Trinajstić information content (AvgIpc) is 3.15. The number of aromatic amines is 1. The zero-order valence-corrected chi connectivity index (χ0v) is 12.8. The van der Waals surface area contributed by atoms with Gasteiger partial charge in [-0.3, -0.25) is 4.79 Å². The molecular weight excluding hydrogens is 337 g/mol. The third-order valence-electron chi connectivity index (χ3n) is 3.27. The summed E-state index contributed by atoms with van der Waals surface area (Å²) in [6.07, 6.45) is -1.61. The fourth-order valence-electron chi connectivity index (χ4n) is 2.34. The number of amides is 1. The van der Waals surface area contributed by atoms with E-state index >= 15 is 0 Å². The first-order valence-corrected chi connectivity index (χ1v) is 7.21. The number of aromatic nitrogens is 5. The predicted octanol–water partition coefficient (Wildman–Crippen LogP) is 1.93. The van der Waals surface area contributed by atoms with Gasteiger partial charge in [-0.15, -0.1) is 0 Å². The van der Waals surface area contributed by atoms with E-state index in [9.17, 15) is 18.0 Å². The van der Waals surface area contributed by atoms with E-state index < -0.39 is 18.6 Å². The van der Waals surface area contributed by atoms with Crippen molar-refractivity contribution in [2.24, 2.45) is 5.73 Å². The number of hydrogen-bond donors (Lipinski definition) is 2. The van der Waals surface area contributed by atoms with Crippen molar-refractivity contribution in [1.29, 1.82) is 0 Å². The Kier molecular flexibility index (Phi) is 4.26. The zero-order chi connectivity index (χ0) is 18.0. The van der Waals surface area contributed by atoms with Gasteiger partial charge in [0, 0.05) is 23.5 Å². The van der Waals surface area contributed by atoms with E-state index in [2.05, 4.69) is 20.1 Å². The normalized spacial score (nSPS) is 11.6. The van der Waals surface area contributed by atoms with Crippen LogP contribution in [0.2, 0.25) is 0 Å². The summed E-state index contributed by atoms with van der Waals surface area (Å²) in [5.41, 5.74) is 6.17. The van der Waals surface area contributed by atoms with E-state index in [-0.39, 0.29) is 18.1 Å². The molecule has 0 saturated carbocycles. The molecule has 0 aliphatic carbocycles. The number of halogens is 3. The number of nitrogens with two attached hydrogens (primary N) is 1. The van der Waals surface area contributed by atoms with E-state index in [0.29, 0.717) is 17.0 Å². The summed E-state index contributed by atoms with van der Waals surface area (Å²) in [5, 5.41) is 3.77. The lowest BCUT2D eigenvalue weighted by Gasteiger charge is -2.09. The maximum absolute atomic E-state index is 12.8. The van der Waals surface area contributed by atoms with E-state index in [0.717, 1.165) is 4.68 Å². The molecule has 0 unspecified atom stereocenters. The summed E-state index contributed by atoms with van der Waals surface area (Å²) in [7, 11) is 0. The van der Waals surface area contributed by atoms with Gasteiger partial charge < -0.3 is 10.7 Å². The molecule has 0 radical (unpaired) electrons. The van der Waals surface area contributed by atoms with Crippen molar-refractivity contribution >= 4 is 5.91 Å². The number of benzene rings is 1. The topological polar surface area (TPSA) is 102 Å². The summed E-state index contributed by atoms with van der Waals surface area (Å²) >= 11 is 0. The molecule has 3 aromatic rings. The number of nitrogens with one attached hydrogen (secondary N) is 1. The Morgan fingerprint density at radius 1 is 1.28 bits per heavy atom. The monoisotopic (exact) mass is 350 g/mol. The third-order valence-corrected chi connectivity index (χ3v) is 3.27. The highest BCUT2D eigenvalue weighted by molar-refractivity contribution is 5.76. The first-order chi connectivity index (χ1) is 11.8. The Bertz CT molecular complexity index is 885. The van der Waals surface area contributed by atoms with Gasteiger partial charge in [0.05, 0.1) is 6.42 Å². The average molecular weight is 350 g/mol. The fourth-order valence-corrected chi connectivity index (χ4v) is 2.34. The van der Waals surface area contributed by atoms with Crippen LogP contribution in [-0.4, -0.2) is 36.8 Å². The summed E-state index contributed by atoms with van der Waals surface area (Å²) in [5.74, 6) is -0.210. The number of primary amides is 1. The maximum Gasteiger partial charge on any atom is 0.408 e. The smallest absolute Gasteiger partial charge is 0.369 e. The Morgan fingerprint density at radius 3 is 2.68 bits per heavy atom. The quantitative estimate of drug-likeness (QED) is 0.734. The Morgan fingerprint density at radius 2 is 2.04 bits per heavy atom. The van der Waals surface area contributed by atoms with Crippen molar-refractivity contribution < 1.29 is 18.0 Å². The van der Waals surface area contributed by atoms with Crippen molar-refractivity contribution in [3.63, 3.8) is 0 Å². The molecule has 1 amide bonds. The highest BCUT2D eigenvalue weighted by atomic mass is 19.4. The molecule has 3 N–H and O–H groups in total. The van der Waals surface area contributed by atoms with Crippen LogP contribution in [0.15, 0.2) is 36.7 Å². The zero-order valence-electron chi connectivity index (χ0n) is 12.8. The SMILES string of the molecule is NC(=O)Cc1nc(-c2cccc(-c3ncc[nH]3)c2)n(CC(F)(F)F)n1. The second-order valence-corrected chi connectivity index (χ2v) is 5.29. The van der Waals surface area contributed by atoms with Gasteiger partial charge in [0.15, 0.2) is 11.6 Å². The van der Waals surface area contributed by atoms with E-state index in [4.69, 9.17) is 5.73 Å². The van der Waals surface area contributed by atoms with Gasteiger partial charge in [-0.25, -0.2) is 14.6 Å². The van der Waals surface area contributed by atoms with E-state index in [1.807, 2.05) is 0 Å². The lowest BCUT2D eigenvalue weighted by atomic mass is 10.1. The Hall–Kier alpha value is -3.17.